The smallest absolute Gasteiger partial charge is 0.335 e. The maximum absolute atomic E-state index is 13.7. The maximum Gasteiger partial charge on any atom is 0.335 e. The monoisotopic (exact) mass is 530 g/mol. The molecule has 2 amide bonds. The second kappa shape index (κ2) is 12.4. The minimum atomic E-state index is -0.992. The standard InChI is InChI=1S/C30H34N4O5/c1-19-7-4-5-8-23(19)32-30(38)33-24-15-10-20(18-27(24)39-3)17-26(35)28(25-9-6-16-31-25)34(2)22-13-11-21(12-14-22)29(36)37/h4-5,7-8,10-15,18,25,28,31H,6,9,16-17H2,1-3H3,(H,36,37)(H2,32,33,38). The molecule has 4 rings (SSSR count). The van der Waals surface area contributed by atoms with E-state index in [1.165, 1.54) is 7.11 Å². The summed E-state index contributed by atoms with van der Waals surface area (Å²) in [7, 11) is 3.38. The lowest BCUT2D eigenvalue weighted by molar-refractivity contribution is -0.120. The van der Waals surface area contributed by atoms with Gasteiger partial charge in [0.1, 0.15) is 11.8 Å². The number of rotatable bonds is 10. The number of likely N-dealkylation sites (N-methyl/N-ethyl adjacent to an activating group) is 1. The highest BCUT2D eigenvalue weighted by molar-refractivity contribution is 6.01. The summed E-state index contributed by atoms with van der Waals surface area (Å²) in [5.74, 6) is -0.513. The first-order valence-electron chi connectivity index (χ1n) is 12.9. The number of ketones is 1. The van der Waals surface area contributed by atoms with E-state index in [0.717, 1.165) is 36.2 Å². The number of nitrogens with one attached hydrogen (secondary N) is 3. The van der Waals surface area contributed by atoms with Crippen molar-refractivity contribution in [3.8, 4) is 5.75 Å². The van der Waals surface area contributed by atoms with E-state index in [9.17, 15) is 19.5 Å². The molecule has 4 N–H and O–H groups in total. The van der Waals surface area contributed by atoms with Crippen LogP contribution in [0.2, 0.25) is 0 Å². The van der Waals surface area contributed by atoms with Crippen molar-refractivity contribution in [1.82, 2.24) is 5.32 Å². The Bertz CT molecular complexity index is 1340. The summed E-state index contributed by atoms with van der Waals surface area (Å²) >= 11 is 0. The van der Waals surface area contributed by atoms with Crippen molar-refractivity contribution in [3.63, 3.8) is 0 Å². The van der Waals surface area contributed by atoms with Crippen molar-refractivity contribution < 1.29 is 24.2 Å². The molecule has 39 heavy (non-hydrogen) atoms. The highest BCUT2D eigenvalue weighted by Crippen LogP contribution is 2.28. The van der Waals surface area contributed by atoms with Crippen molar-refractivity contribution >= 4 is 34.8 Å². The molecule has 0 saturated carbocycles. The third-order valence-electron chi connectivity index (χ3n) is 7.03. The number of carbonyl (C=O) groups excluding carboxylic acids is 2. The molecule has 0 spiro atoms. The number of Topliss-reactive ketones (excluding diaryl/α,β-unsaturated/α-hetero) is 1. The van der Waals surface area contributed by atoms with E-state index >= 15 is 0 Å². The third-order valence-corrected chi connectivity index (χ3v) is 7.03. The predicted molar refractivity (Wildman–Crippen MR) is 152 cm³/mol. The number of carboxylic acids is 1. The number of benzene rings is 3. The van der Waals surface area contributed by atoms with Gasteiger partial charge in [-0.1, -0.05) is 24.3 Å². The fraction of sp³-hybridized carbons (Fsp3) is 0.300. The van der Waals surface area contributed by atoms with E-state index in [0.29, 0.717) is 17.1 Å². The number of hydrogen-bond acceptors (Lipinski definition) is 6. The summed E-state index contributed by atoms with van der Waals surface area (Å²) in [6, 6.07) is 18.5. The van der Waals surface area contributed by atoms with Gasteiger partial charge in [0, 0.05) is 30.9 Å². The molecule has 9 heteroatoms. The molecule has 0 radical (unpaired) electrons. The number of carboxylic acid groups (broad SMARTS) is 1. The van der Waals surface area contributed by atoms with E-state index in [1.54, 1.807) is 36.4 Å². The Morgan fingerprint density at radius 2 is 1.77 bits per heavy atom. The van der Waals surface area contributed by atoms with Crippen LogP contribution in [0, 0.1) is 6.92 Å². The number of nitrogens with zero attached hydrogens (tertiary/aromatic N) is 1. The summed E-state index contributed by atoms with van der Waals surface area (Å²) in [4.78, 5) is 39.5. The van der Waals surface area contributed by atoms with E-state index in [2.05, 4.69) is 16.0 Å². The SMILES string of the molecule is COc1cc(CC(=O)C(C2CCCN2)N(C)c2ccc(C(=O)O)cc2)ccc1NC(=O)Nc1ccccc1C. The molecule has 3 aromatic rings. The molecule has 0 aliphatic carbocycles. The number of amides is 2. The number of aromatic carboxylic acids is 1. The van der Waals surface area contributed by atoms with Crippen LogP contribution in [0.15, 0.2) is 66.7 Å². The van der Waals surface area contributed by atoms with Gasteiger partial charge in [0.25, 0.3) is 0 Å². The Balaban J connectivity index is 1.49. The van der Waals surface area contributed by atoms with E-state index < -0.39 is 18.0 Å². The van der Waals surface area contributed by atoms with Crippen LogP contribution in [-0.2, 0) is 11.2 Å². The molecule has 9 nitrogen and oxygen atoms in total. The minimum absolute atomic E-state index is 0.0189. The number of ether oxygens (including phenoxy) is 1. The van der Waals surface area contributed by atoms with Crippen LogP contribution in [0.3, 0.4) is 0 Å². The van der Waals surface area contributed by atoms with E-state index in [-0.39, 0.29) is 23.8 Å². The van der Waals surface area contributed by atoms with Gasteiger partial charge in [-0.05, 0) is 79.9 Å². The first-order chi connectivity index (χ1) is 18.8. The topological polar surface area (TPSA) is 120 Å². The Kier molecular flexibility index (Phi) is 8.83. The third kappa shape index (κ3) is 6.74. The second-order valence-electron chi connectivity index (χ2n) is 9.68. The number of anilines is 3. The highest BCUT2D eigenvalue weighted by atomic mass is 16.5. The van der Waals surface area contributed by atoms with Crippen LogP contribution >= 0.6 is 0 Å². The average molecular weight is 531 g/mol. The van der Waals surface area contributed by atoms with Crippen LogP contribution < -0.4 is 25.6 Å². The van der Waals surface area contributed by atoms with Gasteiger partial charge < -0.3 is 30.7 Å². The lowest BCUT2D eigenvalue weighted by Crippen LogP contribution is -2.51. The van der Waals surface area contributed by atoms with Crippen LogP contribution in [0.25, 0.3) is 0 Å². The minimum Gasteiger partial charge on any atom is -0.495 e. The molecular formula is C30H34N4O5. The second-order valence-corrected chi connectivity index (χ2v) is 9.68. The lowest BCUT2D eigenvalue weighted by Gasteiger charge is -2.33. The van der Waals surface area contributed by atoms with Gasteiger partial charge >= 0.3 is 12.0 Å². The summed E-state index contributed by atoms with van der Waals surface area (Å²) in [6.07, 6.45) is 2.03. The number of urea groups is 1. The van der Waals surface area contributed by atoms with Gasteiger partial charge in [0.15, 0.2) is 5.78 Å². The molecule has 1 aliphatic heterocycles. The van der Waals surface area contributed by atoms with Gasteiger partial charge in [-0.25, -0.2) is 9.59 Å². The number of aryl methyl sites for hydroxylation is 1. The molecule has 2 unspecified atom stereocenters. The number of methoxy groups -OCH3 is 1. The molecule has 1 fully saturated rings. The number of hydrogen-bond donors (Lipinski definition) is 4. The highest BCUT2D eigenvalue weighted by Gasteiger charge is 2.34. The first kappa shape index (κ1) is 27.7. The normalized spacial score (nSPS) is 15.3. The van der Waals surface area contributed by atoms with Crippen molar-refractivity contribution in [2.45, 2.75) is 38.3 Å². The lowest BCUT2D eigenvalue weighted by atomic mass is 9.95. The summed E-state index contributed by atoms with van der Waals surface area (Å²) in [6.45, 7) is 2.76. The number of carbonyl (C=O) groups is 3. The predicted octanol–water partition coefficient (Wildman–Crippen LogP) is 4.71. The fourth-order valence-electron chi connectivity index (χ4n) is 4.93. The van der Waals surface area contributed by atoms with Gasteiger partial charge in [0.05, 0.1) is 18.4 Å². The molecule has 204 valence electrons. The van der Waals surface area contributed by atoms with Crippen molar-refractivity contribution in [2.75, 3.05) is 36.2 Å². The Morgan fingerprint density at radius 1 is 1.05 bits per heavy atom. The van der Waals surface area contributed by atoms with E-state index in [1.807, 2.05) is 49.2 Å². The molecule has 1 heterocycles. The summed E-state index contributed by atoms with van der Waals surface area (Å²) < 4.78 is 5.53. The molecule has 2 atom stereocenters. The molecule has 1 saturated heterocycles. The zero-order valence-corrected chi connectivity index (χ0v) is 22.4. The summed E-state index contributed by atoms with van der Waals surface area (Å²) in [5, 5.41) is 18.3. The first-order valence-corrected chi connectivity index (χ1v) is 12.9. The van der Waals surface area contributed by atoms with Gasteiger partial charge in [0.2, 0.25) is 0 Å². The van der Waals surface area contributed by atoms with Crippen molar-refractivity contribution in [3.05, 3.63) is 83.4 Å². The zero-order valence-electron chi connectivity index (χ0n) is 22.4. The van der Waals surface area contributed by atoms with Crippen molar-refractivity contribution in [2.24, 2.45) is 0 Å². The summed E-state index contributed by atoms with van der Waals surface area (Å²) in [5.41, 5.74) is 3.88. The Hall–Kier alpha value is -4.37. The molecule has 3 aromatic carbocycles. The van der Waals surface area contributed by atoms with Gasteiger partial charge in [-0.2, -0.15) is 0 Å². The molecule has 0 bridgehead atoms. The van der Waals surface area contributed by atoms with Gasteiger partial charge in [-0.3, -0.25) is 4.79 Å². The van der Waals surface area contributed by atoms with Crippen LogP contribution in [0.1, 0.15) is 34.3 Å². The van der Waals surface area contributed by atoms with Crippen LogP contribution in [-0.4, -0.2) is 55.7 Å². The van der Waals surface area contributed by atoms with E-state index in [4.69, 9.17) is 4.74 Å². The number of para-hydroxylation sites is 1. The van der Waals surface area contributed by atoms with Crippen molar-refractivity contribution in [1.29, 1.82) is 0 Å². The maximum atomic E-state index is 13.7. The Labute approximate surface area is 228 Å². The largest absolute Gasteiger partial charge is 0.495 e. The van der Waals surface area contributed by atoms with Gasteiger partial charge in [-0.15, -0.1) is 0 Å². The molecular weight excluding hydrogens is 496 g/mol. The van der Waals surface area contributed by atoms with Crippen LogP contribution in [0.5, 0.6) is 5.75 Å². The fourth-order valence-corrected chi connectivity index (χ4v) is 4.93. The van der Waals surface area contributed by atoms with Crippen LogP contribution in [0.4, 0.5) is 21.9 Å². The molecule has 0 aromatic heterocycles. The average Bonchev–Trinajstić information content (AvgIpc) is 3.45. The zero-order chi connectivity index (χ0) is 27.9. The molecule has 1 aliphatic rings. The Morgan fingerprint density at radius 3 is 2.41 bits per heavy atom. The quantitative estimate of drug-likeness (QED) is 0.300.